The third-order valence-electron chi connectivity index (χ3n) is 10.9. The molecule has 0 aliphatic heterocycles. The Bertz CT molecular complexity index is 2000. The number of ketones is 1. The second-order valence-corrected chi connectivity index (χ2v) is 16.7. The van der Waals surface area contributed by atoms with Crippen LogP contribution in [-0.2, 0) is 42.2 Å². The van der Waals surface area contributed by atoms with Gasteiger partial charge in [0.2, 0.25) is 0 Å². The van der Waals surface area contributed by atoms with Crippen LogP contribution in [0.1, 0.15) is 130 Å². The van der Waals surface area contributed by atoms with Crippen molar-refractivity contribution >= 4 is 28.2 Å². The molecular weight excluding hydrogens is 876 g/mol. The van der Waals surface area contributed by atoms with Gasteiger partial charge in [-0.25, -0.2) is 9.97 Å². The molecule has 1 N–H and O–H groups in total. The van der Waals surface area contributed by atoms with Crippen LogP contribution in [0.25, 0.3) is 33.7 Å². The first-order chi connectivity index (χ1) is 25.2. The molecule has 0 saturated heterocycles. The van der Waals surface area contributed by atoms with Crippen molar-refractivity contribution in [1.29, 1.82) is 0 Å². The molecule has 299 valence electrons. The van der Waals surface area contributed by atoms with Crippen molar-refractivity contribution in [2.45, 2.75) is 125 Å². The van der Waals surface area contributed by atoms with Gasteiger partial charge in [-0.3, -0.25) is 9.78 Å². The van der Waals surface area contributed by atoms with Crippen LogP contribution in [0.15, 0.2) is 66.8 Å². The number of allylic oxidation sites excluding steroid dienone is 3. The predicted octanol–water partition coefficient (Wildman–Crippen LogP) is 12.6. The standard InChI is InChI=1S/C33H33F3N3.C13H24O2.Ir/c1-30(2,3)25-16-23(14-21-10-8-9-11-24(21)25)28-27-22(12-13-37-28)15-26(32(27,6)7)29-38-18-20(19-39-29)17-31(4,5)33(34,35)36;1-5-10(6-2)12(14)9-13(15)11(7-3)8-4;/h8-13,15-16,18-19H,17H2,1-7H3;9-11,14H,5-8H2,1-4H3;/q-1;;/b;12-9-;. The normalized spacial score (nSPS) is 14.3. The second kappa shape index (κ2) is 18.1. The average Bonchev–Trinajstić information content (AvgIpc) is 3.38. The summed E-state index contributed by atoms with van der Waals surface area (Å²) in [6.45, 7) is 21.3. The van der Waals surface area contributed by atoms with Crippen LogP contribution in [0.4, 0.5) is 13.2 Å². The number of hydrogen-bond donors (Lipinski definition) is 1. The van der Waals surface area contributed by atoms with E-state index in [1.165, 1.54) is 43.3 Å². The van der Waals surface area contributed by atoms with Gasteiger partial charge >= 0.3 is 6.18 Å². The summed E-state index contributed by atoms with van der Waals surface area (Å²) in [4.78, 5) is 25.6. The summed E-state index contributed by atoms with van der Waals surface area (Å²) in [6.07, 6.45) is 7.33. The summed E-state index contributed by atoms with van der Waals surface area (Å²) < 4.78 is 40.2. The zero-order valence-electron chi connectivity index (χ0n) is 34.2. The van der Waals surface area contributed by atoms with Crippen LogP contribution in [0.5, 0.6) is 0 Å². The molecule has 0 unspecified atom stereocenters. The summed E-state index contributed by atoms with van der Waals surface area (Å²) in [5.74, 6) is 1.06. The summed E-state index contributed by atoms with van der Waals surface area (Å²) >= 11 is 0. The number of alkyl halides is 3. The molecule has 5 rings (SSSR count). The molecular formula is C46H57F3IrN3O2-. The number of carbonyl (C=O) groups excluding carboxylic acids is 1. The summed E-state index contributed by atoms with van der Waals surface area (Å²) in [5.41, 5.74) is 4.08. The van der Waals surface area contributed by atoms with Crippen molar-refractivity contribution in [3.63, 3.8) is 0 Å². The van der Waals surface area contributed by atoms with E-state index in [1.807, 2.05) is 46.0 Å². The Morgan fingerprint density at radius 3 is 2.02 bits per heavy atom. The largest absolute Gasteiger partial charge is 0.512 e. The molecule has 0 amide bonds. The first-order valence-corrected chi connectivity index (χ1v) is 19.2. The fourth-order valence-electron chi connectivity index (χ4n) is 7.23. The zero-order chi connectivity index (χ0) is 40.2. The molecule has 0 bridgehead atoms. The third-order valence-corrected chi connectivity index (χ3v) is 10.9. The minimum atomic E-state index is -4.31. The number of halogens is 3. The van der Waals surface area contributed by atoms with Gasteiger partial charge in [0.1, 0.15) is 0 Å². The Morgan fingerprint density at radius 2 is 1.47 bits per heavy atom. The molecule has 55 heavy (non-hydrogen) atoms. The summed E-state index contributed by atoms with van der Waals surface area (Å²) in [7, 11) is 0. The Kier molecular flexibility index (Phi) is 15.0. The number of hydrogen-bond acceptors (Lipinski definition) is 5. The predicted molar refractivity (Wildman–Crippen MR) is 215 cm³/mol. The number of pyridine rings is 1. The van der Waals surface area contributed by atoms with E-state index in [9.17, 15) is 23.1 Å². The quantitative estimate of drug-likeness (QED) is 0.0921. The first kappa shape index (κ1) is 45.7. The molecule has 0 fully saturated rings. The molecule has 9 heteroatoms. The van der Waals surface area contributed by atoms with Gasteiger partial charge in [0.25, 0.3) is 0 Å². The number of rotatable bonds is 11. The van der Waals surface area contributed by atoms with Crippen LogP contribution in [0, 0.1) is 23.3 Å². The van der Waals surface area contributed by atoms with Crippen molar-refractivity contribution in [3.05, 3.63) is 101 Å². The fraction of sp³-hybridized carbons (Fsp3) is 0.478. The molecule has 1 aliphatic carbocycles. The summed E-state index contributed by atoms with van der Waals surface area (Å²) in [5, 5.41) is 12.0. The zero-order valence-corrected chi connectivity index (χ0v) is 36.6. The van der Waals surface area contributed by atoms with Gasteiger partial charge in [-0.1, -0.05) is 105 Å². The maximum absolute atomic E-state index is 13.4. The van der Waals surface area contributed by atoms with Gasteiger partial charge in [0, 0.05) is 73.3 Å². The van der Waals surface area contributed by atoms with E-state index >= 15 is 0 Å². The topological polar surface area (TPSA) is 76.0 Å². The van der Waals surface area contributed by atoms with Crippen molar-refractivity contribution in [3.8, 4) is 11.3 Å². The van der Waals surface area contributed by atoms with E-state index in [1.54, 1.807) is 0 Å². The number of nitrogens with zero attached hydrogens (tertiary/aromatic N) is 3. The van der Waals surface area contributed by atoms with E-state index in [4.69, 9.17) is 4.98 Å². The van der Waals surface area contributed by atoms with E-state index in [-0.39, 0.29) is 55.3 Å². The molecule has 0 atom stereocenters. The molecule has 0 spiro atoms. The fourth-order valence-corrected chi connectivity index (χ4v) is 7.23. The SMILES string of the molecule is CC(C)(C)c1cc(-c2nccc3c2C(C)(C)C(c2ncc(CC(C)(C)C(F)(F)F)cn2)=C3)[c-]c2ccccc12.CCC(CC)C(=O)/C=C(\O)C(CC)CC.[Ir]. The van der Waals surface area contributed by atoms with Crippen molar-refractivity contribution < 1.29 is 43.2 Å². The van der Waals surface area contributed by atoms with Crippen molar-refractivity contribution in [1.82, 2.24) is 15.0 Å². The van der Waals surface area contributed by atoms with Gasteiger partial charge in [-0.2, -0.15) is 13.2 Å². The number of fused-ring (bicyclic) bond motifs is 2. The second-order valence-electron chi connectivity index (χ2n) is 16.7. The molecule has 2 aromatic carbocycles. The van der Waals surface area contributed by atoms with Crippen LogP contribution in [-0.4, -0.2) is 32.0 Å². The number of aliphatic hydroxyl groups is 1. The Labute approximate surface area is 339 Å². The van der Waals surface area contributed by atoms with Crippen LogP contribution in [0.3, 0.4) is 0 Å². The van der Waals surface area contributed by atoms with E-state index in [2.05, 4.69) is 81.0 Å². The third kappa shape index (κ3) is 10.2. The average molecular weight is 933 g/mol. The first-order valence-electron chi connectivity index (χ1n) is 19.2. The van der Waals surface area contributed by atoms with Gasteiger partial charge in [0.15, 0.2) is 11.6 Å². The number of aromatic nitrogens is 3. The minimum absolute atomic E-state index is 0. The van der Waals surface area contributed by atoms with Crippen molar-refractivity contribution in [2.24, 2.45) is 17.3 Å². The Balaban J connectivity index is 0.000000433. The number of carbonyl (C=O) groups is 1. The Hall–Kier alpha value is -3.68. The van der Waals surface area contributed by atoms with Gasteiger partial charge in [-0.15, -0.1) is 29.1 Å². The Morgan fingerprint density at radius 1 is 0.891 bits per heavy atom. The number of aliphatic hydroxyl groups excluding tert-OH is 1. The molecule has 4 aromatic rings. The molecule has 2 heterocycles. The van der Waals surface area contributed by atoms with Crippen LogP contribution < -0.4 is 0 Å². The molecule has 1 aliphatic rings. The maximum atomic E-state index is 13.4. The maximum Gasteiger partial charge on any atom is 0.394 e. The van der Waals surface area contributed by atoms with Crippen LogP contribution in [0.2, 0.25) is 0 Å². The van der Waals surface area contributed by atoms with E-state index in [0.717, 1.165) is 59.0 Å². The van der Waals surface area contributed by atoms with Crippen LogP contribution >= 0.6 is 0 Å². The van der Waals surface area contributed by atoms with Crippen molar-refractivity contribution in [2.75, 3.05) is 0 Å². The van der Waals surface area contributed by atoms with Gasteiger partial charge < -0.3 is 5.11 Å². The molecule has 2 aromatic heterocycles. The molecule has 5 nitrogen and oxygen atoms in total. The van der Waals surface area contributed by atoms with E-state index < -0.39 is 17.0 Å². The summed E-state index contributed by atoms with van der Waals surface area (Å²) in [6, 6.07) is 16.1. The monoisotopic (exact) mass is 933 g/mol. The number of benzene rings is 2. The molecule has 1 radical (unpaired) electrons. The molecule has 0 saturated carbocycles. The van der Waals surface area contributed by atoms with Gasteiger partial charge in [-0.05, 0) is 66.4 Å². The van der Waals surface area contributed by atoms with Gasteiger partial charge in [0.05, 0.1) is 11.2 Å². The van der Waals surface area contributed by atoms with E-state index in [0.29, 0.717) is 11.4 Å². The minimum Gasteiger partial charge on any atom is -0.512 e. The smallest absolute Gasteiger partial charge is 0.394 e.